The predicted octanol–water partition coefficient (Wildman–Crippen LogP) is 4.79. The molecule has 31 heavy (non-hydrogen) atoms. The molecule has 1 aliphatic heterocycles. The van der Waals surface area contributed by atoms with E-state index in [0.29, 0.717) is 24.0 Å². The third-order valence-electron chi connectivity index (χ3n) is 4.87. The Kier molecular flexibility index (Phi) is 11.5. The summed E-state index contributed by atoms with van der Waals surface area (Å²) in [7, 11) is 2.00. The fourth-order valence-corrected chi connectivity index (χ4v) is 3.24. The molecular formula is C23H30ClN3O4. The number of nitrogens with one attached hydrogen (secondary N) is 1. The summed E-state index contributed by atoms with van der Waals surface area (Å²) < 4.78 is 0. The van der Waals surface area contributed by atoms with Crippen molar-refractivity contribution in [2.45, 2.75) is 46.2 Å². The summed E-state index contributed by atoms with van der Waals surface area (Å²) in [4.78, 5) is 34.3. The molecule has 0 radical (unpaired) electrons. The first kappa shape index (κ1) is 26.3. The molecule has 1 aliphatic rings. The largest absolute Gasteiger partial charge is 0.351 e. The first-order valence-corrected chi connectivity index (χ1v) is 10.6. The number of nitro groups is 1. The van der Waals surface area contributed by atoms with Crippen LogP contribution in [0.2, 0.25) is 5.02 Å². The number of hydrogen-bond acceptors (Lipinski definition) is 5. The standard InChI is InChI=1S/C13H17ClN2O.C8H7NO3.C2H6/c1-16-8-2-3-12(16)13(17)15-9-10-4-6-11(14)7-5-10;1-6-7(5-10)3-2-4-8(6)9(11)12;1-2/h4-7,12H,2-3,8-9H2,1H3,(H,15,17);2-5H,1H3;1-2H3. The molecule has 1 fully saturated rings. The number of aldehydes is 1. The second kappa shape index (κ2) is 13.5. The van der Waals surface area contributed by atoms with Crippen molar-refractivity contribution in [3.63, 3.8) is 0 Å². The zero-order chi connectivity index (χ0) is 23.4. The van der Waals surface area contributed by atoms with Crippen LogP contribution in [0.4, 0.5) is 5.69 Å². The van der Waals surface area contributed by atoms with Crippen molar-refractivity contribution in [1.29, 1.82) is 0 Å². The number of halogens is 1. The Morgan fingerprint density at radius 3 is 2.42 bits per heavy atom. The van der Waals surface area contributed by atoms with Gasteiger partial charge in [-0.05, 0) is 51.1 Å². The van der Waals surface area contributed by atoms with Gasteiger partial charge in [0, 0.05) is 28.8 Å². The number of rotatable bonds is 5. The fraction of sp³-hybridized carbons (Fsp3) is 0.391. The van der Waals surface area contributed by atoms with Crippen LogP contribution < -0.4 is 5.32 Å². The summed E-state index contributed by atoms with van der Waals surface area (Å²) in [6, 6.07) is 12.0. The lowest BCUT2D eigenvalue weighted by molar-refractivity contribution is -0.385. The Morgan fingerprint density at radius 2 is 1.90 bits per heavy atom. The summed E-state index contributed by atoms with van der Waals surface area (Å²) in [6.07, 6.45) is 2.68. The van der Waals surface area contributed by atoms with Gasteiger partial charge in [0.05, 0.1) is 11.0 Å². The van der Waals surface area contributed by atoms with E-state index in [2.05, 4.69) is 10.2 Å². The van der Waals surface area contributed by atoms with Gasteiger partial charge in [0.15, 0.2) is 6.29 Å². The average molecular weight is 448 g/mol. The van der Waals surface area contributed by atoms with Crippen LogP contribution in [-0.2, 0) is 11.3 Å². The number of nitrogens with zero attached hydrogens (tertiary/aromatic N) is 2. The van der Waals surface area contributed by atoms with E-state index < -0.39 is 4.92 Å². The molecule has 7 nitrogen and oxygen atoms in total. The highest BCUT2D eigenvalue weighted by molar-refractivity contribution is 6.30. The van der Waals surface area contributed by atoms with Crippen LogP contribution in [0.15, 0.2) is 42.5 Å². The number of carbonyl (C=O) groups is 2. The second-order valence-corrected chi connectivity index (χ2v) is 7.29. The van der Waals surface area contributed by atoms with E-state index >= 15 is 0 Å². The van der Waals surface area contributed by atoms with Crippen LogP contribution in [0.1, 0.15) is 48.2 Å². The molecule has 168 valence electrons. The number of carbonyl (C=O) groups excluding carboxylic acids is 2. The van der Waals surface area contributed by atoms with Gasteiger partial charge in [-0.2, -0.15) is 0 Å². The number of benzene rings is 2. The van der Waals surface area contributed by atoms with Crippen molar-refractivity contribution in [2.24, 2.45) is 0 Å². The predicted molar refractivity (Wildman–Crippen MR) is 124 cm³/mol. The zero-order valence-electron chi connectivity index (χ0n) is 18.4. The highest BCUT2D eigenvalue weighted by Gasteiger charge is 2.27. The average Bonchev–Trinajstić information content (AvgIpc) is 3.21. The number of hydrogen-bond donors (Lipinski definition) is 1. The lowest BCUT2D eigenvalue weighted by Crippen LogP contribution is -2.41. The molecule has 3 rings (SSSR count). The summed E-state index contributed by atoms with van der Waals surface area (Å²) in [5, 5.41) is 14.1. The van der Waals surface area contributed by atoms with Gasteiger partial charge in [-0.15, -0.1) is 0 Å². The van der Waals surface area contributed by atoms with Gasteiger partial charge in [0.1, 0.15) is 0 Å². The maximum atomic E-state index is 11.9. The maximum Gasteiger partial charge on any atom is 0.273 e. The Labute approximate surface area is 188 Å². The minimum atomic E-state index is -0.498. The van der Waals surface area contributed by atoms with Crippen LogP contribution in [0.5, 0.6) is 0 Å². The fourth-order valence-electron chi connectivity index (χ4n) is 3.12. The summed E-state index contributed by atoms with van der Waals surface area (Å²) in [5.41, 5.74) is 1.84. The van der Waals surface area contributed by atoms with E-state index in [4.69, 9.17) is 11.6 Å². The SMILES string of the molecule is CC.CN1CCCC1C(=O)NCc1ccc(Cl)cc1.Cc1c(C=O)cccc1[N+](=O)[O-]. The quantitative estimate of drug-likeness (QED) is 0.404. The molecule has 2 aromatic rings. The lowest BCUT2D eigenvalue weighted by atomic mass is 10.1. The zero-order valence-corrected chi connectivity index (χ0v) is 19.2. The molecule has 1 saturated heterocycles. The highest BCUT2D eigenvalue weighted by atomic mass is 35.5. The molecule has 0 saturated carbocycles. The van der Waals surface area contributed by atoms with Crippen molar-refractivity contribution >= 4 is 29.5 Å². The van der Waals surface area contributed by atoms with Gasteiger partial charge in [0.25, 0.3) is 5.69 Å². The minimum Gasteiger partial charge on any atom is -0.351 e. The van der Waals surface area contributed by atoms with E-state index in [1.807, 2.05) is 45.2 Å². The molecule has 0 aromatic heterocycles. The Hall–Kier alpha value is -2.77. The molecule has 0 aliphatic carbocycles. The third-order valence-corrected chi connectivity index (χ3v) is 5.13. The van der Waals surface area contributed by atoms with Gasteiger partial charge in [-0.1, -0.05) is 49.7 Å². The molecule has 0 bridgehead atoms. The molecule has 8 heteroatoms. The van der Waals surface area contributed by atoms with Crippen molar-refractivity contribution < 1.29 is 14.5 Å². The summed E-state index contributed by atoms with van der Waals surface area (Å²) >= 11 is 5.80. The lowest BCUT2D eigenvalue weighted by Gasteiger charge is -2.18. The van der Waals surface area contributed by atoms with Crippen molar-refractivity contribution in [3.05, 3.63) is 74.3 Å². The molecular weight excluding hydrogens is 418 g/mol. The van der Waals surface area contributed by atoms with Crippen LogP contribution in [0.3, 0.4) is 0 Å². The Bertz CT molecular complexity index is 872. The van der Waals surface area contributed by atoms with E-state index in [1.165, 1.54) is 12.1 Å². The number of likely N-dealkylation sites (N-methyl/N-ethyl adjacent to an activating group) is 1. The molecule has 2 aromatic carbocycles. The van der Waals surface area contributed by atoms with Gasteiger partial charge in [-0.25, -0.2) is 0 Å². The molecule has 1 unspecified atom stereocenters. The molecule has 1 N–H and O–H groups in total. The number of amides is 1. The van der Waals surface area contributed by atoms with Crippen LogP contribution in [0, 0.1) is 17.0 Å². The molecule has 1 atom stereocenters. The van der Waals surface area contributed by atoms with Gasteiger partial charge in [-0.3, -0.25) is 24.6 Å². The molecule has 1 heterocycles. The second-order valence-electron chi connectivity index (χ2n) is 6.85. The highest BCUT2D eigenvalue weighted by Crippen LogP contribution is 2.19. The van der Waals surface area contributed by atoms with Crippen molar-refractivity contribution in [1.82, 2.24) is 10.2 Å². The van der Waals surface area contributed by atoms with E-state index in [-0.39, 0.29) is 17.6 Å². The van der Waals surface area contributed by atoms with Crippen LogP contribution in [-0.4, -0.2) is 41.7 Å². The first-order valence-electron chi connectivity index (χ1n) is 10.2. The van der Waals surface area contributed by atoms with Gasteiger partial charge in [0.2, 0.25) is 5.91 Å². The first-order chi connectivity index (χ1) is 14.8. The van der Waals surface area contributed by atoms with E-state index in [1.54, 1.807) is 13.0 Å². The smallest absolute Gasteiger partial charge is 0.273 e. The maximum absolute atomic E-state index is 11.9. The third kappa shape index (κ3) is 8.11. The Morgan fingerprint density at radius 1 is 1.26 bits per heavy atom. The van der Waals surface area contributed by atoms with Crippen molar-refractivity contribution in [3.8, 4) is 0 Å². The monoisotopic (exact) mass is 447 g/mol. The van der Waals surface area contributed by atoms with Crippen LogP contribution >= 0.6 is 11.6 Å². The summed E-state index contributed by atoms with van der Waals surface area (Å²) in [5.74, 6) is 0.125. The summed E-state index contributed by atoms with van der Waals surface area (Å²) in [6.45, 7) is 7.14. The van der Waals surface area contributed by atoms with E-state index in [0.717, 1.165) is 30.0 Å². The molecule has 0 spiro atoms. The normalized spacial score (nSPS) is 15.1. The van der Waals surface area contributed by atoms with Gasteiger partial charge < -0.3 is 5.32 Å². The number of likely N-dealkylation sites (tertiary alicyclic amines) is 1. The van der Waals surface area contributed by atoms with Crippen molar-refractivity contribution in [2.75, 3.05) is 13.6 Å². The van der Waals surface area contributed by atoms with Crippen LogP contribution in [0.25, 0.3) is 0 Å². The van der Waals surface area contributed by atoms with Gasteiger partial charge >= 0.3 is 0 Å². The topological polar surface area (TPSA) is 92.6 Å². The Balaban J connectivity index is 0.000000303. The van der Waals surface area contributed by atoms with E-state index in [9.17, 15) is 19.7 Å². The number of nitro benzene ring substituents is 1. The molecule has 1 amide bonds. The minimum absolute atomic E-state index is 0.0143.